The van der Waals surface area contributed by atoms with Gasteiger partial charge in [-0.15, -0.1) is 0 Å². The number of fused-ring (bicyclic) bond motifs is 1. The summed E-state index contributed by atoms with van der Waals surface area (Å²) in [6, 6.07) is 5.67. The predicted octanol–water partition coefficient (Wildman–Crippen LogP) is 2.01. The second-order valence-corrected chi connectivity index (χ2v) is 5.22. The molecule has 20 heavy (non-hydrogen) atoms. The van der Waals surface area contributed by atoms with Gasteiger partial charge in [-0.3, -0.25) is 4.90 Å². The fraction of sp³-hybridized carbons (Fsp3) is 0.429. The van der Waals surface area contributed by atoms with E-state index in [1.165, 1.54) is 6.07 Å². The lowest BCUT2D eigenvalue weighted by molar-refractivity contribution is 0.348. The van der Waals surface area contributed by atoms with Gasteiger partial charge < -0.3 is 10.1 Å². The Morgan fingerprint density at radius 2 is 2.40 bits per heavy atom. The Morgan fingerprint density at radius 1 is 1.55 bits per heavy atom. The summed E-state index contributed by atoms with van der Waals surface area (Å²) < 4.78 is 19.3. The monoisotopic (exact) mass is 293 g/mol. The molecule has 0 aromatic heterocycles. The van der Waals surface area contributed by atoms with Crippen molar-refractivity contribution in [3.8, 4) is 0 Å². The van der Waals surface area contributed by atoms with Crippen LogP contribution in [0.2, 0.25) is 0 Å². The Morgan fingerprint density at radius 3 is 3.20 bits per heavy atom. The topological polar surface area (TPSA) is 36.9 Å². The molecule has 1 saturated heterocycles. The highest BCUT2D eigenvalue weighted by molar-refractivity contribution is 7.80. The molecule has 1 aliphatic carbocycles. The molecule has 1 unspecified atom stereocenters. The number of benzene rings is 1. The zero-order valence-corrected chi connectivity index (χ0v) is 12.0. The van der Waals surface area contributed by atoms with Crippen LogP contribution in [-0.2, 0) is 11.2 Å². The molecule has 0 radical (unpaired) electrons. The number of rotatable bonds is 1. The summed E-state index contributed by atoms with van der Waals surface area (Å²) in [7, 11) is 1.78. The van der Waals surface area contributed by atoms with Crippen LogP contribution in [0, 0.1) is 5.82 Å². The van der Waals surface area contributed by atoms with Crippen molar-refractivity contribution in [3.63, 3.8) is 0 Å². The van der Waals surface area contributed by atoms with Gasteiger partial charge in [0.25, 0.3) is 6.02 Å². The first-order valence-corrected chi connectivity index (χ1v) is 7.08. The van der Waals surface area contributed by atoms with Gasteiger partial charge in [-0.25, -0.2) is 9.38 Å². The fourth-order valence-corrected chi connectivity index (χ4v) is 2.86. The van der Waals surface area contributed by atoms with Crippen LogP contribution in [0.5, 0.6) is 0 Å². The summed E-state index contributed by atoms with van der Waals surface area (Å²) in [5.74, 6) is -0.139. The maximum atomic E-state index is 13.7. The average Bonchev–Trinajstić information content (AvgIpc) is 3.07. The smallest absolute Gasteiger partial charge is 0.294 e. The number of nitrogens with one attached hydrogen (secondary N) is 1. The van der Waals surface area contributed by atoms with Gasteiger partial charge in [0, 0.05) is 7.05 Å². The van der Waals surface area contributed by atoms with Crippen molar-refractivity contribution in [2.75, 3.05) is 20.2 Å². The molecule has 2 aliphatic rings. The molecule has 0 saturated carbocycles. The maximum Gasteiger partial charge on any atom is 0.294 e. The minimum atomic E-state index is -0.139. The average molecular weight is 293 g/mol. The molecule has 1 aromatic carbocycles. The summed E-state index contributed by atoms with van der Waals surface area (Å²) in [4.78, 5) is 6.47. The van der Waals surface area contributed by atoms with Crippen LogP contribution in [0.1, 0.15) is 23.6 Å². The SMILES string of the molecule is CNC(=S)N1CCOC1=NC1CCc2c(F)cccc21. The van der Waals surface area contributed by atoms with Crippen LogP contribution in [-0.4, -0.2) is 36.2 Å². The number of thiocarbonyl (C=S) groups is 1. The van der Waals surface area contributed by atoms with E-state index in [4.69, 9.17) is 17.0 Å². The van der Waals surface area contributed by atoms with Crippen LogP contribution >= 0.6 is 12.2 Å². The third-order valence-corrected chi connectivity index (χ3v) is 4.11. The van der Waals surface area contributed by atoms with E-state index in [9.17, 15) is 4.39 Å². The Bertz CT molecular complexity index is 576. The molecular formula is C14H16FN3OS. The third-order valence-electron chi connectivity index (χ3n) is 3.68. The highest BCUT2D eigenvalue weighted by Gasteiger charge is 2.29. The molecule has 3 rings (SSSR count). The number of ether oxygens (including phenoxy) is 1. The molecule has 1 aliphatic heterocycles. The van der Waals surface area contributed by atoms with E-state index in [2.05, 4.69) is 10.3 Å². The van der Waals surface area contributed by atoms with Crippen LogP contribution in [0.15, 0.2) is 23.2 Å². The number of amidine groups is 1. The van der Waals surface area contributed by atoms with E-state index >= 15 is 0 Å². The summed E-state index contributed by atoms with van der Waals surface area (Å²) >= 11 is 5.23. The molecule has 1 N–H and O–H groups in total. The standard InChI is InChI=1S/C14H16FN3OS/c1-16-14(20)18-7-8-19-13(18)17-12-6-5-9-10(12)3-2-4-11(9)15/h2-4,12H,5-8H2,1H3,(H,16,20). The summed E-state index contributed by atoms with van der Waals surface area (Å²) in [6.07, 6.45) is 1.53. The second kappa shape index (κ2) is 5.36. The van der Waals surface area contributed by atoms with Gasteiger partial charge in [0.15, 0.2) is 5.11 Å². The number of nitrogens with zero attached hydrogens (tertiary/aromatic N) is 2. The van der Waals surface area contributed by atoms with E-state index in [-0.39, 0.29) is 11.9 Å². The lowest BCUT2D eigenvalue weighted by atomic mass is 10.1. The molecule has 1 fully saturated rings. The van der Waals surface area contributed by atoms with E-state index in [0.29, 0.717) is 24.3 Å². The minimum Gasteiger partial charge on any atom is -0.463 e. The molecule has 4 nitrogen and oxygen atoms in total. The molecule has 0 amide bonds. The Labute approximate surface area is 122 Å². The van der Waals surface area contributed by atoms with Gasteiger partial charge in [0.2, 0.25) is 0 Å². The lowest BCUT2D eigenvalue weighted by Gasteiger charge is -2.17. The second-order valence-electron chi connectivity index (χ2n) is 4.83. The van der Waals surface area contributed by atoms with E-state index in [0.717, 1.165) is 24.0 Å². The van der Waals surface area contributed by atoms with Crippen molar-refractivity contribution in [1.29, 1.82) is 0 Å². The minimum absolute atomic E-state index is 0.0454. The molecule has 1 atom stereocenters. The van der Waals surface area contributed by atoms with Gasteiger partial charge in [0.05, 0.1) is 12.6 Å². The van der Waals surface area contributed by atoms with Gasteiger partial charge in [-0.05, 0) is 42.3 Å². The number of aliphatic imine (C=N–C) groups is 1. The first-order chi connectivity index (χ1) is 9.70. The van der Waals surface area contributed by atoms with Gasteiger partial charge in [-0.2, -0.15) is 0 Å². The largest absolute Gasteiger partial charge is 0.463 e. The first kappa shape index (κ1) is 13.3. The van der Waals surface area contributed by atoms with Crippen molar-refractivity contribution >= 4 is 23.4 Å². The highest BCUT2D eigenvalue weighted by Crippen LogP contribution is 2.35. The van der Waals surface area contributed by atoms with Crippen molar-refractivity contribution < 1.29 is 9.13 Å². The number of halogens is 1. The van der Waals surface area contributed by atoms with E-state index < -0.39 is 0 Å². The normalized spacial score (nSPS) is 22.8. The fourth-order valence-electron chi connectivity index (χ4n) is 2.69. The number of hydrogen-bond acceptors (Lipinski definition) is 3. The van der Waals surface area contributed by atoms with E-state index in [1.807, 2.05) is 11.0 Å². The summed E-state index contributed by atoms with van der Waals surface area (Å²) in [5.41, 5.74) is 1.74. The lowest BCUT2D eigenvalue weighted by Crippen LogP contribution is -2.39. The zero-order chi connectivity index (χ0) is 14.1. The van der Waals surface area contributed by atoms with Gasteiger partial charge in [0.1, 0.15) is 12.4 Å². The van der Waals surface area contributed by atoms with Crippen molar-refractivity contribution in [1.82, 2.24) is 10.2 Å². The van der Waals surface area contributed by atoms with Crippen LogP contribution in [0.25, 0.3) is 0 Å². The number of hydrogen-bond donors (Lipinski definition) is 1. The quantitative estimate of drug-likeness (QED) is 0.804. The van der Waals surface area contributed by atoms with Crippen LogP contribution in [0.3, 0.4) is 0 Å². The van der Waals surface area contributed by atoms with Crippen molar-refractivity contribution in [2.24, 2.45) is 4.99 Å². The Balaban J connectivity index is 1.87. The van der Waals surface area contributed by atoms with Crippen molar-refractivity contribution in [2.45, 2.75) is 18.9 Å². The van der Waals surface area contributed by atoms with Crippen LogP contribution < -0.4 is 5.32 Å². The Kier molecular flexibility index (Phi) is 3.56. The third kappa shape index (κ3) is 2.24. The molecular weight excluding hydrogens is 277 g/mol. The zero-order valence-electron chi connectivity index (χ0n) is 11.2. The maximum absolute atomic E-state index is 13.7. The molecule has 1 heterocycles. The summed E-state index contributed by atoms with van der Waals surface area (Å²) in [6.45, 7) is 1.27. The van der Waals surface area contributed by atoms with Gasteiger partial charge in [-0.1, -0.05) is 12.1 Å². The van der Waals surface area contributed by atoms with E-state index in [1.54, 1.807) is 13.1 Å². The van der Waals surface area contributed by atoms with Crippen molar-refractivity contribution in [3.05, 3.63) is 35.1 Å². The molecule has 6 heteroatoms. The molecule has 106 valence electrons. The Hall–Kier alpha value is -1.69. The predicted molar refractivity (Wildman–Crippen MR) is 79.2 cm³/mol. The molecule has 0 bridgehead atoms. The summed E-state index contributed by atoms with van der Waals surface area (Å²) in [5, 5.41) is 3.52. The first-order valence-electron chi connectivity index (χ1n) is 6.68. The molecule has 0 spiro atoms. The highest BCUT2D eigenvalue weighted by atomic mass is 32.1. The molecule has 1 aromatic rings. The van der Waals surface area contributed by atoms with Gasteiger partial charge >= 0.3 is 0 Å². The van der Waals surface area contributed by atoms with Crippen LogP contribution in [0.4, 0.5) is 4.39 Å².